The van der Waals surface area contributed by atoms with Crippen LogP contribution in [-0.2, 0) is 27.4 Å². The van der Waals surface area contributed by atoms with Gasteiger partial charge in [-0.1, -0.05) is 18.2 Å². The van der Waals surface area contributed by atoms with Gasteiger partial charge in [0.25, 0.3) is 0 Å². The summed E-state index contributed by atoms with van der Waals surface area (Å²) in [6.45, 7) is 3.49. The Morgan fingerprint density at radius 2 is 2.15 bits per heavy atom. The molecule has 140 valence electrons. The monoisotopic (exact) mass is 383 g/mol. The molecular weight excluding hydrogens is 362 g/mol. The Hall–Kier alpha value is -2.67. The summed E-state index contributed by atoms with van der Waals surface area (Å²) in [6.07, 6.45) is 0.414. The Kier molecular flexibility index (Phi) is 4.94. The van der Waals surface area contributed by atoms with Crippen molar-refractivity contribution in [2.24, 2.45) is 0 Å². The summed E-state index contributed by atoms with van der Waals surface area (Å²) in [5, 5.41) is 2.02. The second kappa shape index (κ2) is 7.52. The van der Waals surface area contributed by atoms with Gasteiger partial charge in [-0.25, -0.2) is 4.98 Å². The first kappa shape index (κ1) is 17.7. The van der Waals surface area contributed by atoms with E-state index in [9.17, 15) is 9.59 Å². The number of esters is 1. The lowest BCUT2D eigenvalue weighted by Crippen LogP contribution is -2.24. The molecule has 1 aliphatic rings. The van der Waals surface area contributed by atoms with Crippen LogP contribution < -0.4 is 0 Å². The molecule has 1 fully saturated rings. The Balaban J connectivity index is 1.62. The number of fused-ring (bicyclic) bond motifs is 1. The van der Waals surface area contributed by atoms with Crippen LogP contribution in [0.1, 0.15) is 30.0 Å². The lowest BCUT2D eigenvalue weighted by Gasteiger charge is -2.16. The predicted octanol–water partition coefficient (Wildman–Crippen LogP) is 3.18. The summed E-state index contributed by atoms with van der Waals surface area (Å²) in [4.78, 5) is 32.5. The minimum atomic E-state index is -0.290. The van der Waals surface area contributed by atoms with E-state index in [0.717, 1.165) is 16.9 Å². The molecule has 27 heavy (non-hydrogen) atoms. The number of ether oxygens (including phenoxy) is 1. The number of carbonyl (C=O) groups is 2. The summed E-state index contributed by atoms with van der Waals surface area (Å²) >= 11 is 1.65. The molecule has 1 aromatic carbocycles. The average molecular weight is 383 g/mol. The number of rotatable bonds is 6. The molecule has 3 heterocycles. The van der Waals surface area contributed by atoms with Gasteiger partial charge in [-0.15, -0.1) is 11.3 Å². The van der Waals surface area contributed by atoms with Crippen LogP contribution in [0, 0.1) is 0 Å². The zero-order valence-corrected chi connectivity index (χ0v) is 15.9. The summed E-state index contributed by atoms with van der Waals surface area (Å²) in [5.41, 5.74) is 1.73. The molecule has 6 nitrogen and oxygen atoms in total. The first-order valence-electron chi connectivity index (χ1n) is 9.06. The number of hydrogen-bond donors (Lipinski definition) is 0. The van der Waals surface area contributed by atoms with E-state index in [4.69, 9.17) is 9.72 Å². The second-order valence-corrected chi connectivity index (χ2v) is 7.64. The van der Waals surface area contributed by atoms with Gasteiger partial charge in [0.1, 0.15) is 12.4 Å². The molecule has 4 rings (SSSR count). The van der Waals surface area contributed by atoms with Crippen molar-refractivity contribution in [1.29, 1.82) is 0 Å². The van der Waals surface area contributed by atoms with Gasteiger partial charge in [0.15, 0.2) is 0 Å². The van der Waals surface area contributed by atoms with Crippen LogP contribution in [0.2, 0.25) is 0 Å². The molecule has 7 heteroatoms. The van der Waals surface area contributed by atoms with Crippen LogP contribution in [0.3, 0.4) is 0 Å². The highest BCUT2D eigenvalue weighted by molar-refractivity contribution is 7.09. The number of likely N-dealkylation sites (tertiary alicyclic amines) is 1. The number of hydrogen-bond acceptors (Lipinski definition) is 5. The van der Waals surface area contributed by atoms with Crippen LogP contribution in [0.15, 0.2) is 41.8 Å². The number of thiophene rings is 1. The molecule has 1 aliphatic heterocycles. The molecule has 0 N–H and O–H groups in total. The van der Waals surface area contributed by atoms with Crippen molar-refractivity contribution in [3.05, 3.63) is 52.5 Å². The molecule has 1 amide bonds. The van der Waals surface area contributed by atoms with Crippen molar-refractivity contribution < 1.29 is 14.3 Å². The van der Waals surface area contributed by atoms with Gasteiger partial charge in [-0.05, 0) is 30.5 Å². The largest absolute Gasteiger partial charge is 0.465 e. The highest BCUT2D eigenvalue weighted by atomic mass is 32.1. The van der Waals surface area contributed by atoms with Crippen molar-refractivity contribution in [2.45, 2.75) is 32.4 Å². The number of amides is 1. The summed E-state index contributed by atoms with van der Waals surface area (Å²) in [7, 11) is 0. The van der Waals surface area contributed by atoms with E-state index in [1.807, 2.05) is 51.2 Å². The maximum Gasteiger partial charge on any atom is 0.326 e. The quantitative estimate of drug-likeness (QED) is 0.613. The van der Waals surface area contributed by atoms with Gasteiger partial charge in [0, 0.05) is 23.8 Å². The van der Waals surface area contributed by atoms with E-state index in [1.54, 1.807) is 18.3 Å². The first-order chi connectivity index (χ1) is 13.2. The predicted molar refractivity (Wildman–Crippen MR) is 103 cm³/mol. The lowest BCUT2D eigenvalue weighted by atomic mass is 10.1. The third-order valence-corrected chi connectivity index (χ3v) is 5.64. The number of benzene rings is 1. The lowest BCUT2D eigenvalue weighted by molar-refractivity contribution is -0.143. The topological polar surface area (TPSA) is 64.4 Å². The van der Waals surface area contributed by atoms with Crippen molar-refractivity contribution in [3.8, 4) is 0 Å². The maximum atomic E-state index is 12.5. The maximum absolute atomic E-state index is 12.5. The molecule has 1 atom stereocenters. The molecule has 3 aromatic rings. The number of imidazole rings is 1. The molecule has 0 unspecified atom stereocenters. The fourth-order valence-electron chi connectivity index (χ4n) is 3.60. The Morgan fingerprint density at radius 1 is 1.30 bits per heavy atom. The number of carbonyl (C=O) groups excluding carboxylic acids is 2. The zero-order valence-electron chi connectivity index (χ0n) is 15.1. The van der Waals surface area contributed by atoms with Crippen LogP contribution in [0.25, 0.3) is 11.0 Å². The average Bonchev–Trinajstić information content (AvgIpc) is 3.36. The molecule has 0 bridgehead atoms. The van der Waals surface area contributed by atoms with E-state index in [0.29, 0.717) is 26.1 Å². The summed E-state index contributed by atoms with van der Waals surface area (Å²) in [6, 6.07) is 11.8. The molecular formula is C20H21N3O3S. The van der Waals surface area contributed by atoms with Gasteiger partial charge in [0.05, 0.1) is 24.2 Å². The molecule has 0 radical (unpaired) electrons. The standard InChI is InChI=1S/C20H21N3O3S/c1-2-26-19(25)13-23-17-8-4-3-7-16(17)21-20(23)14-10-18(24)22(11-14)12-15-6-5-9-27-15/h3-9,14H,2,10-13H2,1H3/t14-/m1/s1. The van der Waals surface area contributed by atoms with Crippen molar-refractivity contribution in [1.82, 2.24) is 14.5 Å². The fraction of sp³-hybridized carbons (Fsp3) is 0.350. The molecule has 0 saturated carbocycles. The van der Waals surface area contributed by atoms with Crippen LogP contribution in [-0.4, -0.2) is 39.5 Å². The van der Waals surface area contributed by atoms with Crippen LogP contribution in [0.4, 0.5) is 0 Å². The summed E-state index contributed by atoms with van der Waals surface area (Å²) in [5.74, 6) is 0.593. The Morgan fingerprint density at radius 3 is 2.93 bits per heavy atom. The van der Waals surface area contributed by atoms with E-state index < -0.39 is 0 Å². The van der Waals surface area contributed by atoms with E-state index in [2.05, 4.69) is 0 Å². The smallest absolute Gasteiger partial charge is 0.326 e. The normalized spacial score (nSPS) is 17.0. The zero-order chi connectivity index (χ0) is 18.8. The third-order valence-electron chi connectivity index (χ3n) is 4.78. The second-order valence-electron chi connectivity index (χ2n) is 6.60. The SMILES string of the molecule is CCOC(=O)Cn1c([C@@H]2CC(=O)N(Cc3cccs3)C2)nc2ccccc21. The van der Waals surface area contributed by atoms with Gasteiger partial charge in [-0.3, -0.25) is 9.59 Å². The molecule has 1 saturated heterocycles. The Bertz CT molecular complexity index is 964. The van der Waals surface area contributed by atoms with E-state index >= 15 is 0 Å². The summed E-state index contributed by atoms with van der Waals surface area (Å²) < 4.78 is 7.03. The van der Waals surface area contributed by atoms with Gasteiger partial charge >= 0.3 is 5.97 Å². The van der Waals surface area contributed by atoms with Gasteiger partial charge in [-0.2, -0.15) is 0 Å². The molecule has 2 aromatic heterocycles. The number of nitrogens with zero attached hydrogens (tertiary/aromatic N) is 3. The minimum absolute atomic E-state index is 0.0284. The molecule has 0 spiro atoms. The Labute approximate surface area is 161 Å². The van der Waals surface area contributed by atoms with Gasteiger partial charge < -0.3 is 14.2 Å². The van der Waals surface area contributed by atoms with Crippen molar-refractivity contribution in [3.63, 3.8) is 0 Å². The van der Waals surface area contributed by atoms with Crippen LogP contribution >= 0.6 is 11.3 Å². The highest BCUT2D eigenvalue weighted by Crippen LogP contribution is 2.31. The van der Waals surface area contributed by atoms with E-state index in [1.165, 1.54) is 4.88 Å². The van der Waals surface area contributed by atoms with Crippen molar-refractivity contribution >= 4 is 34.2 Å². The third kappa shape index (κ3) is 3.60. The number of aromatic nitrogens is 2. The fourth-order valence-corrected chi connectivity index (χ4v) is 4.32. The molecule has 0 aliphatic carbocycles. The van der Waals surface area contributed by atoms with Gasteiger partial charge in [0.2, 0.25) is 5.91 Å². The first-order valence-corrected chi connectivity index (χ1v) is 9.94. The van der Waals surface area contributed by atoms with E-state index in [-0.39, 0.29) is 24.3 Å². The van der Waals surface area contributed by atoms with Crippen molar-refractivity contribution in [2.75, 3.05) is 13.2 Å². The number of para-hydroxylation sites is 2. The highest BCUT2D eigenvalue weighted by Gasteiger charge is 2.34. The minimum Gasteiger partial charge on any atom is -0.465 e. The van der Waals surface area contributed by atoms with Crippen LogP contribution in [0.5, 0.6) is 0 Å².